The minimum absolute atomic E-state index is 0.0699. The quantitative estimate of drug-likeness (QED) is 0.326. The van der Waals surface area contributed by atoms with E-state index in [-0.39, 0.29) is 11.7 Å². The zero-order valence-corrected chi connectivity index (χ0v) is 22.9. The highest BCUT2D eigenvalue weighted by atomic mass is 32.2. The van der Waals surface area contributed by atoms with Crippen LogP contribution in [0.1, 0.15) is 44.0 Å². The predicted molar refractivity (Wildman–Crippen MR) is 145 cm³/mol. The zero-order valence-electron chi connectivity index (χ0n) is 22.1. The van der Waals surface area contributed by atoms with Crippen LogP contribution in [-0.2, 0) is 0 Å². The molecule has 3 N–H and O–H groups in total. The molecule has 1 aliphatic rings. The van der Waals surface area contributed by atoms with E-state index in [1.807, 2.05) is 23.5 Å². The number of nitrogens with one attached hydrogen (secondary N) is 1. The van der Waals surface area contributed by atoms with Gasteiger partial charge in [-0.25, -0.2) is 13.8 Å². The lowest BCUT2D eigenvalue weighted by molar-refractivity contribution is 0.0953. The highest BCUT2D eigenvalue weighted by Crippen LogP contribution is 2.38. The van der Waals surface area contributed by atoms with Gasteiger partial charge in [0.05, 0.1) is 7.11 Å². The molecule has 2 aromatic rings. The molecule has 0 radical (unpaired) electrons. The van der Waals surface area contributed by atoms with E-state index in [0.29, 0.717) is 23.9 Å². The van der Waals surface area contributed by atoms with Gasteiger partial charge in [0, 0.05) is 56.2 Å². The van der Waals surface area contributed by atoms with E-state index in [1.165, 1.54) is 13.5 Å². The normalized spacial score (nSPS) is 16.2. The van der Waals surface area contributed by atoms with Crippen LogP contribution in [0.25, 0.3) is 0 Å². The summed E-state index contributed by atoms with van der Waals surface area (Å²) in [5, 5.41) is 3.38. The maximum absolute atomic E-state index is 12.6. The van der Waals surface area contributed by atoms with Crippen molar-refractivity contribution in [1.82, 2.24) is 10.3 Å². The summed E-state index contributed by atoms with van der Waals surface area (Å²) >= 11 is 1.70. The van der Waals surface area contributed by atoms with Crippen LogP contribution in [0.3, 0.4) is 0 Å². The number of rotatable bonds is 11. The summed E-state index contributed by atoms with van der Waals surface area (Å²) in [7, 11) is 5.41. The topological polar surface area (TPSA) is 83.7 Å². The van der Waals surface area contributed by atoms with E-state index in [2.05, 4.69) is 42.8 Å². The van der Waals surface area contributed by atoms with Gasteiger partial charge in [0.1, 0.15) is 29.0 Å². The number of aromatic nitrogens is 1. The van der Waals surface area contributed by atoms with Crippen LogP contribution in [0.15, 0.2) is 30.3 Å². The number of anilines is 2. The minimum atomic E-state index is -0.628. The van der Waals surface area contributed by atoms with Crippen LogP contribution < -0.4 is 25.0 Å². The van der Waals surface area contributed by atoms with Crippen LogP contribution in [-0.4, -0.2) is 57.0 Å². The Labute approximate surface area is 217 Å². The van der Waals surface area contributed by atoms with Crippen LogP contribution in [0.2, 0.25) is 0 Å². The summed E-state index contributed by atoms with van der Waals surface area (Å²) in [5.41, 5.74) is 6.16. The molecule has 0 unspecified atom stereocenters. The van der Waals surface area contributed by atoms with E-state index in [0.717, 1.165) is 54.6 Å². The number of carbonyl (C=O) groups excluding carboxylic acids is 1. The SMILES string of the molecule is CC(C)SN(C)c1cc(C(=O)NCCCN)cc(N(C)C[C@H]2C[C@@H]2C)n1.COc1cc(F)cc(F)c1. The second kappa shape index (κ2) is 14.2. The number of benzene rings is 1. The summed E-state index contributed by atoms with van der Waals surface area (Å²) in [4.78, 5) is 19.5. The minimum Gasteiger partial charge on any atom is -0.497 e. The zero-order chi connectivity index (χ0) is 26.8. The molecule has 2 atom stereocenters. The first-order valence-electron chi connectivity index (χ1n) is 12.2. The summed E-state index contributed by atoms with van der Waals surface area (Å²) in [6, 6.07) is 6.78. The largest absolute Gasteiger partial charge is 0.497 e. The Kier molecular flexibility index (Phi) is 11.7. The molecular formula is C26H39F2N5O2S. The van der Waals surface area contributed by atoms with Crippen molar-refractivity contribution in [3.63, 3.8) is 0 Å². The molecule has 0 aliphatic heterocycles. The molecule has 1 aromatic carbocycles. The van der Waals surface area contributed by atoms with Crippen molar-refractivity contribution in [3.05, 3.63) is 47.5 Å². The maximum Gasteiger partial charge on any atom is 0.251 e. The van der Waals surface area contributed by atoms with Crippen LogP contribution in [0, 0.1) is 23.5 Å². The van der Waals surface area contributed by atoms with E-state index < -0.39 is 11.6 Å². The Hall–Kier alpha value is -2.59. The van der Waals surface area contributed by atoms with Gasteiger partial charge in [-0.2, -0.15) is 0 Å². The number of hydrogen-bond acceptors (Lipinski definition) is 7. The summed E-state index contributed by atoms with van der Waals surface area (Å²) in [5.74, 6) is 2.04. The van der Waals surface area contributed by atoms with Crippen molar-refractivity contribution in [1.29, 1.82) is 0 Å². The number of hydrogen-bond donors (Lipinski definition) is 2. The van der Waals surface area contributed by atoms with Gasteiger partial charge in [0.15, 0.2) is 0 Å². The lowest BCUT2D eigenvalue weighted by Crippen LogP contribution is -2.28. The molecular weight excluding hydrogens is 484 g/mol. The molecule has 10 heteroatoms. The second-order valence-corrected chi connectivity index (χ2v) is 11.0. The first kappa shape index (κ1) is 29.6. The summed E-state index contributed by atoms with van der Waals surface area (Å²) in [6.45, 7) is 8.72. The average molecular weight is 524 g/mol. The molecule has 1 fully saturated rings. The molecule has 1 aliphatic carbocycles. The monoisotopic (exact) mass is 523 g/mol. The molecule has 1 amide bonds. The molecule has 36 heavy (non-hydrogen) atoms. The molecule has 1 heterocycles. The van der Waals surface area contributed by atoms with E-state index in [4.69, 9.17) is 10.7 Å². The van der Waals surface area contributed by atoms with Crippen molar-refractivity contribution in [3.8, 4) is 5.75 Å². The van der Waals surface area contributed by atoms with Crippen molar-refractivity contribution >= 4 is 29.5 Å². The number of methoxy groups -OCH3 is 1. The highest BCUT2D eigenvalue weighted by Gasteiger charge is 2.33. The summed E-state index contributed by atoms with van der Waals surface area (Å²) < 4.78 is 31.2. The summed E-state index contributed by atoms with van der Waals surface area (Å²) in [6.07, 6.45) is 2.05. The standard InChI is InChI=1S/C19H33N5OS.C7H6F2O/c1-13(2)26-24(5)18-11-15(19(25)21-8-6-7-20)10-17(22-18)23(4)12-16-9-14(16)3;1-10-7-3-5(8)2-6(9)4-7/h10-11,13-14,16H,6-9,12,20H2,1-5H3,(H,21,25);2-4H,1H3/t14-,16+;/m0./s1. The second-order valence-electron chi connectivity index (χ2n) is 9.28. The van der Waals surface area contributed by atoms with Crippen LogP contribution in [0.4, 0.5) is 20.4 Å². The number of nitrogens with two attached hydrogens (primary N) is 1. The lowest BCUT2D eigenvalue weighted by atomic mass is 10.2. The molecule has 0 saturated heterocycles. The van der Waals surface area contributed by atoms with E-state index in [1.54, 1.807) is 11.9 Å². The van der Waals surface area contributed by atoms with E-state index >= 15 is 0 Å². The van der Waals surface area contributed by atoms with Gasteiger partial charge in [-0.3, -0.25) is 4.79 Å². The van der Waals surface area contributed by atoms with Gasteiger partial charge in [0.2, 0.25) is 0 Å². The number of halogens is 2. The molecule has 0 spiro atoms. The Morgan fingerprint density at radius 3 is 2.33 bits per heavy atom. The number of amides is 1. The molecule has 7 nitrogen and oxygen atoms in total. The van der Waals surface area contributed by atoms with Crippen LogP contribution in [0.5, 0.6) is 5.75 Å². The third kappa shape index (κ3) is 9.81. The van der Waals surface area contributed by atoms with Crippen molar-refractivity contribution in [2.24, 2.45) is 17.6 Å². The van der Waals surface area contributed by atoms with Crippen molar-refractivity contribution < 1.29 is 18.3 Å². The van der Waals surface area contributed by atoms with Crippen molar-refractivity contribution in [2.45, 2.75) is 38.9 Å². The number of carbonyl (C=O) groups is 1. The average Bonchev–Trinajstić information content (AvgIpc) is 3.52. The molecule has 3 rings (SSSR count). The first-order valence-corrected chi connectivity index (χ1v) is 13.0. The fourth-order valence-corrected chi connectivity index (χ4v) is 4.35. The predicted octanol–water partition coefficient (Wildman–Crippen LogP) is 4.72. The number of nitrogens with zero attached hydrogens (tertiary/aromatic N) is 3. The lowest BCUT2D eigenvalue weighted by Gasteiger charge is -2.24. The van der Waals surface area contributed by atoms with Gasteiger partial charge < -0.3 is 25.0 Å². The number of ether oxygens (including phenoxy) is 1. The highest BCUT2D eigenvalue weighted by molar-refractivity contribution is 8.01. The number of pyridine rings is 1. The fourth-order valence-electron chi connectivity index (χ4n) is 3.51. The van der Waals surface area contributed by atoms with Gasteiger partial charge in [-0.05, 0) is 55.3 Å². The fraction of sp³-hybridized carbons (Fsp3) is 0.538. The van der Waals surface area contributed by atoms with Gasteiger partial charge in [0.25, 0.3) is 5.91 Å². The molecule has 200 valence electrons. The first-order chi connectivity index (χ1) is 17.0. The maximum atomic E-state index is 12.6. The Balaban J connectivity index is 0.000000380. The molecule has 1 saturated carbocycles. The molecule has 0 bridgehead atoms. The molecule has 1 aromatic heterocycles. The van der Waals surface area contributed by atoms with Crippen molar-refractivity contribution in [2.75, 3.05) is 50.0 Å². The van der Waals surface area contributed by atoms with Gasteiger partial charge in [-0.1, -0.05) is 20.8 Å². The van der Waals surface area contributed by atoms with Gasteiger partial charge >= 0.3 is 0 Å². The Bertz CT molecular complexity index is 975. The third-order valence-electron chi connectivity index (χ3n) is 5.67. The van der Waals surface area contributed by atoms with Gasteiger partial charge in [-0.15, -0.1) is 0 Å². The van der Waals surface area contributed by atoms with E-state index in [9.17, 15) is 13.6 Å². The Morgan fingerprint density at radius 2 is 1.81 bits per heavy atom. The Morgan fingerprint density at radius 1 is 1.19 bits per heavy atom. The third-order valence-corrected chi connectivity index (χ3v) is 6.59. The van der Waals surface area contributed by atoms with Crippen LogP contribution >= 0.6 is 11.9 Å². The smallest absolute Gasteiger partial charge is 0.251 e.